The topological polar surface area (TPSA) is 107 Å². The van der Waals surface area contributed by atoms with Gasteiger partial charge in [-0.25, -0.2) is 15.0 Å². The van der Waals surface area contributed by atoms with Gasteiger partial charge in [-0.15, -0.1) is 0 Å². The van der Waals surface area contributed by atoms with Crippen molar-refractivity contribution in [2.45, 2.75) is 46.5 Å². The molecule has 0 spiro atoms. The van der Waals surface area contributed by atoms with Crippen molar-refractivity contribution in [3.63, 3.8) is 0 Å². The van der Waals surface area contributed by atoms with E-state index in [-0.39, 0.29) is 12.5 Å². The van der Waals surface area contributed by atoms with E-state index < -0.39 is 5.92 Å². The van der Waals surface area contributed by atoms with Gasteiger partial charge in [-0.3, -0.25) is 25.6 Å². The van der Waals surface area contributed by atoms with Crippen molar-refractivity contribution in [3.05, 3.63) is 17.5 Å². The molecule has 0 fully saturated rings. The van der Waals surface area contributed by atoms with Gasteiger partial charge in [0.05, 0.1) is 12.5 Å². The quantitative estimate of drug-likeness (QED) is 0.261. The Morgan fingerprint density at radius 3 is 2.57 bits per heavy atom. The number of carbonyl (C=O) groups is 2. The van der Waals surface area contributed by atoms with Crippen LogP contribution in [0.1, 0.15) is 44.0 Å². The molecule has 128 valence electrons. The zero-order chi connectivity index (χ0) is 17.2. The zero-order valence-electron chi connectivity index (χ0n) is 13.9. The number of carbonyl (C=O) groups excluding carboxylic acids is 2. The lowest BCUT2D eigenvalue weighted by molar-refractivity contribution is -0.154. The number of anilines is 1. The fourth-order valence-corrected chi connectivity index (χ4v) is 2.22. The molecule has 0 unspecified atom stereocenters. The molecule has 0 aromatic carbocycles. The Labute approximate surface area is 136 Å². The second-order valence-electron chi connectivity index (χ2n) is 5.51. The first-order valence-corrected chi connectivity index (χ1v) is 7.75. The number of hydrogen-bond donors (Lipinski definition) is 3. The van der Waals surface area contributed by atoms with Gasteiger partial charge in [0.25, 0.3) is 0 Å². The van der Waals surface area contributed by atoms with Gasteiger partial charge in [0.1, 0.15) is 0 Å². The average molecular weight is 323 g/mol. The molecule has 1 rings (SSSR count). The monoisotopic (exact) mass is 323 g/mol. The number of hydroxylamine groups is 2. The third kappa shape index (κ3) is 7.05. The summed E-state index contributed by atoms with van der Waals surface area (Å²) < 4.78 is 0. The molecule has 3 N–H and O–H groups in total. The highest BCUT2D eigenvalue weighted by molar-refractivity contribution is 5.80. The number of nitrogens with zero attached hydrogens (tertiary/aromatic N) is 3. The highest BCUT2D eigenvalue weighted by Gasteiger charge is 2.20. The van der Waals surface area contributed by atoms with E-state index in [1.807, 2.05) is 19.9 Å². The van der Waals surface area contributed by atoms with Gasteiger partial charge < -0.3 is 0 Å². The van der Waals surface area contributed by atoms with Crippen LogP contribution in [0.25, 0.3) is 0 Å². The maximum absolute atomic E-state index is 12.2. The molecule has 0 radical (unpaired) electrons. The van der Waals surface area contributed by atoms with Crippen LogP contribution in [-0.4, -0.2) is 39.1 Å². The van der Waals surface area contributed by atoms with Crippen LogP contribution in [0.2, 0.25) is 0 Å². The smallest absolute Gasteiger partial charge is 0.243 e. The van der Waals surface area contributed by atoms with Crippen molar-refractivity contribution >= 4 is 18.3 Å². The van der Waals surface area contributed by atoms with Crippen LogP contribution in [0, 0.1) is 19.8 Å². The summed E-state index contributed by atoms with van der Waals surface area (Å²) >= 11 is 0. The molecule has 0 saturated heterocycles. The summed E-state index contributed by atoms with van der Waals surface area (Å²) in [6, 6.07) is 1.83. The number of nitrogens with one attached hydrogen (secondary N) is 2. The minimum absolute atomic E-state index is 0.0472. The fraction of sp³-hybridized carbons (Fsp3) is 0.600. The number of amides is 2. The molecule has 0 bridgehead atoms. The average Bonchev–Trinajstić information content (AvgIpc) is 2.50. The fourth-order valence-electron chi connectivity index (χ4n) is 2.22. The van der Waals surface area contributed by atoms with Crippen LogP contribution < -0.4 is 10.9 Å². The third-order valence-corrected chi connectivity index (χ3v) is 3.34. The first kappa shape index (κ1) is 18.8. The molecular weight excluding hydrogens is 298 g/mol. The Balaban J connectivity index is 2.61. The van der Waals surface area contributed by atoms with Crippen molar-refractivity contribution in [1.82, 2.24) is 20.5 Å². The first-order chi connectivity index (χ1) is 11.0. The summed E-state index contributed by atoms with van der Waals surface area (Å²) in [5, 5.41) is 9.82. The van der Waals surface area contributed by atoms with Crippen molar-refractivity contribution in [1.29, 1.82) is 0 Å². The van der Waals surface area contributed by atoms with E-state index in [0.29, 0.717) is 23.8 Å². The lowest BCUT2D eigenvalue weighted by Gasteiger charge is -2.19. The molecule has 0 aliphatic carbocycles. The third-order valence-electron chi connectivity index (χ3n) is 3.34. The second-order valence-corrected chi connectivity index (χ2v) is 5.51. The number of aromatic nitrogens is 2. The van der Waals surface area contributed by atoms with Gasteiger partial charge in [-0.1, -0.05) is 26.2 Å². The summed E-state index contributed by atoms with van der Waals surface area (Å²) in [6.07, 6.45) is 3.74. The molecule has 8 heteroatoms. The molecule has 2 amide bonds. The summed E-state index contributed by atoms with van der Waals surface area (Å²) in [7, 11) is 0. The lowest BCUT2D eigenvalue weighted by atomic mass is 10.0. The first-order valence-electron chi connectivity index (χ1n) is 7.75. The second kappa shape index (κ2) is 9.73. The number of rotatable bonds is 10. The van der Waals surface area contributed by atoms with Crippen LogP contribution in [-0.2, 0) is 9.59 Å². The molecule has 8 nitrogen and oxygen atoms in total. The van der Waals surface area contributed by atoms with E-state index in [1.165, 1.54) is 0 Å². The van der Waals surface area contributed by atoms with Crippen molar-refractivity contribution in [3.8, 4) is 0 Å². The zero-order valence-corrected chi connectivity index (χ0v) is 13.9. The van der Waals surface area contributed by atoms with Gasteiger partial charge in [-0.2, -0.15) is 0 Å². The highest BCUT2D eigenvalue weighted by atomic mass is 16.5. The molecular formula is C15H25N5O3. The van der Waals surface area contributed by atoms with Crippen LogP contribution >= 0.6 is 0 Å². The standard InChI is InChI=1S/C15H25N5O3/c1-4-5-6-7-13(9-20(23)10-21)14(22)18-19-15-16-11(2)8-12(3)17-15/h8,10,13,23H,4-7,9H2,1-3H3,(H,18,22)(H,16,17,19)/t13-/m1/s1. The Hall–Kier alpha value is -2.22. The Morgan fingerprint density at radius 2 is 2.00 bits per heavy atom. The predicted molar refractivity (Wildman–Crippen MR) is 85.5 cm³/mol. The van der Waals surface area contributed by atoms with E-state index in [4.69, 9.17) is 0 Å². The molecule has 1 atom stereocenters. The minimum Gasteiger partial charge on any atom is -0.286 e. The molecule has 0 aliphatic heterocycles. The Kier molecular flexibility index (Phi) is 7.96. The van der Waals surface area contributed by atoms with Crippen LogP contribution in [0.3, 0.4) is 0 Å². The van der Waals surface area contributed by atoms with Crippen LogP contribution in [0.15, 0.2) is 6.07 Å². The minimum atomic E-state index is -0.504. The maximum Gasteiger partial charge on any atom is 0.243 e. The molecule has 1 aromatic rings. The van der Waals surface area contributed by atoms with Gasteiger partial charge in [-0.05, 0) is 26.3 Å². The van der Waals surface area contributed by atoms with E-state index >= 15 is 0 Å². The van der Waals surface area contributed by atoms with E-state index in [9.17, 15) is 14.8 Å². The predicted octanol–water partition coefficient (Wildman–Crippen LogP) is 1.58. The van der Waals surface area contributed by atoms with Gasteiger partial charge in [0.2, 0.25) is 18.3 Å². The van der Waals surface area contributed by atoms with Crippen molar-refractivity contribution in [2.24, 2.45) is 5.92 Å². The summed E-state index contributed by atoms with van der Waals surface area (Å²) in [5.41, 5.74) is 6.80. The summed E-state index contributed by atoms with van der Waals surface area (Å²) in [5.74, 6) is -0.515. The number of unbranched alkanes of at least 4 members (excludes halogenated alkanes) is 2. The highest BCUT2D eigenvalue weighted by Crippen LogP contribution is 2.11. The molecule has 0 aliphatic rings. The number of hydrazine groups is 1. The van der Waals surface area contributed by atoms with E-state index in [0.717, 1.165) is 30.7 Å². The molecule has 23 heavy (non-hydrogen) atoms. The SMILES string of the molecule is CCCCC[C@H](CN(O)C=O)C(=O)NNc1nc(C)cc(C)n1. The maximum atomic E-state index is 12.2. The largest absolute Gasteiger partial charge is 0.286 e. The molecule has 0 saturated carbocycles. The summed E-state index contributed by atoms with van der Waals surface area (Å²) in [6.45, 7) is 5.69. The van der Waals surface area contributed by atoms with Gasteiger partial charge >= 0.3 is 0 Å². The molecule has 1 heterocycles. The Morgan fingerprint density at radius 1 is 1.35 bits per heavy atom. The molecule has 1 aromatic heterocycles. The summed E-state index contributed by atoms with van der Waals surface area (Å²) in [4.78, 5) is 31.1. The van der Waals surface area contributed by atoms with Crippen LogP contribution in [0.5, 0.6) is 0 Å². The van der Waals surface area contributed by atoms with Crippen molar-refractivity contribution in [2.75, 3.05) is 12.0 Å². The van der Waals surface area contributed by atoms with Gasteiger partial charge in [0.15, 0.2) is 0 Å². The van der Waals surface area contributed by atoms with E-state index in [2.05, 4.69) is 27.7 Å². The van der Waals surface area contributed by atoms with Crippen LogP contribution in [0.4, 0.5) is 5.95 Å². The number of hydrogen-bond acceptors (Lipinski definition) is 6. The number of aryl methyl sites for hydroxylation is 2. The normalized spacial score (nSPS) is 11.7. The Bertz CT molecular complexity index is 504. The van der Waals surface area contributed by atoms with E-state index in [1.54, 1.807) is 0 Å². The van der Waals surface area contributed by atoms with Gasteiger partial charge in [0, 0.05) is 11.4 Å². The van der Waals surface area contributed by atoms with Crippen molar-refractivity contribution < 1.29 is 14.8 Å². The lowest BCUT2D eigenvalue weighted by Crippen LogP contribution is -2.40.